The number of benzene rings is 1. The molecule has 1 fully saturated rings. The molecule has 0 saturated carbocycles. The third-order valence-electron chi connectivity index (χ3n) is 4.09. The lowest BCUT2D eigenvalue weighted by molar-refractivity contribution is -0.121. The molecule has 0 aliphatic carbocycles. The Bertz CT molecular complexity index is 685. The summed E-state index contributed by atoms with van der Waals surface area (Å²) >= 11 is 0. The number of carbonyl (C=O) groups excluding carboxylic acids is 2. The second-order valence-electron chi connectivity index (χ2n) is 7.42. The van der Waals surface area contributed by atoms with Crippen molar-refractivity contribution in [2.75, 3.05) is 18.5 Å². The van der Waals surface area contributed by atoms with E-state index in [2.05, 4.69) is 5.32 Å². The molecule has 1 aliphatic heterocycles. The van der Waals surface area contributed by atoms with Crippen molar-refractivity contribution in [2.45, 2.75) is 51.4 Å². The van der Waals surface area contributed by atoms with Gasteiger partial charge in [-0.1, -0.05) is 18.2 Å². The molecule has 0 spiro atoms. The van der Waals surface area contributed by atoms with Gasteiger partial charge in [-0.2, -0.15) is 0 Å². The summed E-state index contributed by atoms with van der Waals surface area (Å²) in [5.74, 6) is 0. The molecule has 0 unspecified atom stereocenters. The van der Waals surface area contributed by atoms with E-state index in [0.29, 0.717) is 24.8 Å². The number of aldehydes is 1. The number of ether oxygens (including phenoxy) is 2. The minimum absolute atomic E-state index is 0.0538. The summed E-state index contributed by atoms with van der Waals surface area (Å²) in [5.41, 5.74) is 0.944. The van der Waals surface area contributed by atoms with Gasteiger partial charge in [-0.05, 0) is 45.2 Å². The van der Waals surface area contributed by atoms with Crippen LogP contribution >= 0.6 is 0 Å². The van der Waals surface area contributed by atoms with E-state index in [1.54, 1.807) is 26.8 Å². The van der Waals surface area contributed by atoms with Crippen LogP contribution in [0, 0.1) is 0 Å². The number of para-hydroxylation sites is 1. The smallest absolute Gasteiger partial charge is 0.412 e. The molecule has 2 amide bonds. The van der Waals surface area contributed by atoms with Gasteiger partial charge in [0.15, 0.2) is 0 Å². The first kappa shape index (κ1) is 20.7. The molecule has 1 aromatic rings. The second-order valence-corrected chi connectivity index (χ2v) is 7.42. The van der Waals surface area contributed by atoms with Gasteiger partial charge in [-0.3, -0.25) is 10.2 Å². The molecule has 27 heavy (non-hydrogen) atoms. The van der Waals surface area contributed by atoms with E-state index in [1.165, 1.54) is 0 Å². The minimum atomic E-state index is -1.13. The van der Waals surface area contributed by atoms with Crippen molar-refractivity contribution < 1.29 is 29.0 Å². The number of hydrogen-bond donors (Lipinski definition) is 2. The lowest BCUT2D eigenvalue weighted by Crippen LogP contribution is -2.52. The molecule has 1 aromatic carbocycles. The number of rotatable bonds is 5. The van der Waals surface area contributed by atoms with Crippen LogP contribution in [0.5, 0.6) is 0 Å². The SMILES string of the molecule is CC(C)(C)OC(=O)Nc1ccccc1CC[C@@H]1CN(C(=O)O)[C@H](C=O)CO1. The number of nitrogens with one attached hydrogen (secondary N) is 1. The fourth-order valence-corrected chi connectivity index (χ4v) is 2.83. The molecule has 2 rings (SSSR count). The molecule has 1 saturated heterocycles. The number of morpholine rings is 1. The summed E-state index contributed by atoms with van der Waals surface area (Å²) in [6, 6.07) is 6.59. The van der Waals surface area contributed by atoms with Gasteiger partial charge >= 0.3 is 12.2 Å². The molecule has 148 valence electrons. The third-order valence-corrected chi connectivity index (χ3v) is 4.09. The number of nitrogens with zero attached hydrogens (tertiary/aromatic N) is 1. The van der Waals surface area contributed by atoms with Gasteiger partial charge in [-0.25, -0.2) is 9.59 Å². The van der Waals surface area contributed by atoms with Crippen molar-refractivity contribution in [3.8, 4) is 0 Å². The van der Waals surface area contributed by atoms with Gasteiger partial charge < -0.3 is 19.4 Å². The average molecular weight is 378 g/mol. The van der Waals surface area contributed by atoms with Crippen molar-refractivity contribution in [1.29, 1.82) is 0 Å². The minimum Gasteiger partial charge on any atom is -0.465 e. The molecule has 2 N–H and O–H groups in total. The first-order valence-electron chi connectivity index (χ1n) is 8.84. The van der Waals surface area contributed by atoms with Crippen LogP contribution in [-0.2, 0) is 20.7 Å². The zero-order valence-corrected chi connectivity index (χ0v) is 15.8. The number of carboxylic acid groups (broad SMARTS) is 1. The zero-order valence-electron chi connectivity index (χ0n) is 15.8. The van der Waals surface area contributed by atoms with E-state index in [0.717, 1.165) is 10.5 Å². The van der Waals surface area contributed by atoms with E-state index < -0.39 is 23.8 Å². The largest absolute Gasteiger partial charge is 0.465 e. The fourth-order valence-electron chi connectivity index (χ4n) is 2.83. The van der Waals surface area contributed by atoms with Crippen molar-refractivity contribution in [3.63, 3.8) is 0 Å². The van der Waals surface area contributed by atoms with Crippen LogP contribution in [0.25, 0.3) is 0 Å². The highest BCUT2D eigenvalue weighted by Crippen LogP contribution is 2.21. The van der Waals surface area contributed by atoms with Gasteiger partial charge in [0, 0.05) is 5.69 Å². The summed E-state index contributed by atoms with van der Waals surface area (Å²) in [6.07, 6.45) is -0.253. The Balaban J connectivity index is 1.97. The summed E-state index contributed by atoms with van der Waals surface area (Å²) < 4.78 is 10.9. The van der Waals surface area contributed by atoms with Crippen molar-refractivity contribution in [1.82, 2.24) is 4.90 Å². The monoisotopic (exact) mass is 378 g/mol. The van der Waals surface area contributed by atoms with Crippen LogP contribution in [-0.4, -0.2) is 59.4 Å². The summed E-state index contributed by atoms with van der Waals surface area (Å²) in [4.78, 5) is 35.4. The lowest BCUT2D eigenvalue weighted by Gasteiger charge is -2.35. The summed E-state index contributed by atoms with van der Waals surface area (Å²) in [5, 5.41) is 12.0. The summed E-state index contributed by atoms with van der Waals surface area (Å²) in [7, 11) is 0. The third kappa shape index (κ3) is 6.25. The normalized spacial score (nSPS) is 20.0. The molecular weight excluding hydrogens is 352 g/mol. The van der Waals surface area contributed by atoms with Gasteiger partial charge in [0.1, 0.15) is 17.9 Å². The number of amides is 2. The van der Waals surface area contributed by atoms with Crippen LogP contribution in [0.4, 0.5) is 15.3 Å². The number of anilines is 1. The highest BCUT2D eigenvalue weighted by molar-refractivity contribution is 5.85. The maximum Gasteiger partial charge on any atom is 0.412 e. The Hall–Kier alpha value is -2.61. The highest BCUT2D eigenvalue weighted by atomic mass is 16.6. The van der Waals surface area contributed by atoms with E-state index in [4.69, 9.17) is 9.47 Å². The van der Waals surface area contributed by atoms with Crippen LogP contribution in [0.3, 0.4) is 0 Å². The predicted molar refractivity (Wildman–Crippen MR) is 98.9 cm³/mol. The molecule has 0 aromatic heterocycles. The van der Waals surface area contributed by atoms with Crippen LogP contribution in [0.1, 0.15) is 32.8 Å². The van der Waals surface area contributed by atoms with E-state index in [-0.39, 0.29) is 19.3 Å². The maximum atomic E-state index is 12.0. The Morgan fingerprint density at radius 1 is 1.37 bits per heavy atom. The van der Waals surface area contributed by atoms with Crippen LogP contribution < -0.4 is 5.32 Å². The molecule has 8 nitrogen and oxygen atoms in total. The Labute approximate surface area is 158 Å². The topological polar surface area (TPSA) is 105 Å². The van der Waals surface area contributed by atoms with Gasteiger partial charge in [0.05, 0.1) is 19.3 Å². The van der Waals surface area contributed by atoms with Crippen molar-refractivity contribution in [3.05, 3.63) is 29.8 Å². The Kier molecular flexibility index (Phi) is 6.79. The quantitative estimate of drug-likeness (QED) is 0.763. The molecule has 1 aliphatic rings. The predicted octanol–water partition coefficient (Wildman–Crippen LogP) is 2.91. The standard InChI is InChI=1S/C19H26N2O6/c1-19(2,3)27-17(23)20-16-7-5-4-6-13(16)8-9-15-10-21(18(24)25)14(11-22)12-26-15/h4-7,11,14-15H,8-10,12H2,1-3H3,(H,20,23)(H,24,25)/t14-,15-/m1/s1. The maximum absolute atomic E-state index is 12.0. The number of aryl methyl sites for hydroxylation is 1. The molecule has 1 heterocycles. The van der Waals surface area contributed by atoms with Crippen LogP contribution in [0.15, 0.2) is 24.3 Å². The molecule has 2 atom stereocenters. The van der Waals surface area contributed by atoms with E-state index in [9.17, 15) is 19.5 Å². The second kappa shape index (κ2) is 8.85. The van der Waals surface area contributed by atoms with E-state index in [1.807, 2.05) is 18.2 Å². The Morgan fingerprint density at radius 2 is 2.07 bits per heavy atom. The number of hydrogen-bond acceptors (Lipinski definition) is 5. The summed E-state index contributed by atoms with van der Waals surface area (Å²) in [6.45, 7) is 5.57. The average Bonchev–Trinajstić information content (AvgIpc) is 2.59. The highest BCUT2D eigenvalue weighted by Gasteiger charge is 2.31. The first-order valence-corrected chi connectivity index (χ1v) is 8.84. The molecular formula is C19H26N2O6. The fraction of sp³-hybridized carbons (Fsp3) is 0.526. The van der Waals surface area contributed by atoms with Crippen molar-refractivity contribution in [2.24, 2.45) is 0 Å². The van der Waals surface area contributed by atoms with Crippen LogP contribution in [0.2, 0.25) is 0 Å². The first-order chi connectivity index (χ1) is 12.7. The van der Waals surface area contributed by atoms with Gasteiger partial charge in [0.25, 0.3) is 0 Å². The van der Waals surface area contributed by atoms with Crippen molar-refractivity contribution >= 4 is 24.2 Å². The Morgan fingerprint density at radius 3 is 2.70 bits per heavy atom. The molecule has 0 bridgehead atoms. The number of carbonyl (C=O) groups is 3. The molecule has 8 heteroatoms. The van der Waals surface area contributed by atoms with Gasteiger partial charge in [0.2, 0.25) is 0 Å². The zero-order chi connectivity index (χ0) is 20.0. The molecule has 0 radical (unpaired) electrons. The lowest BCUT2D eigenvalue weighted by atomic mass is 10.0. The van der Waals surface area contributed by atoms with E-state index >= 15 is 0 Å². The van der Waals surface area contributed by atoms with Gasteiger partial charge in [-0.15, -0.1) is 0 Å².